The molecule has 0 aromatic rings. The van der Waals surface area contributed by atoms with Crippen LogP contribution in [0.5, 0.6) is 0 Å². The maximum atomic E-state index is 10.1. The van der Waals surface area contributed by atoms with E-state index in [9.17, 15) is 5.11 Å². The van der Waals surface area contributed by atoms with E-state index in [0.717, 1.165) is 49.8 Å². The van der Waals surface area contributed by atoms with Crippen LogP contribution in [0.2, 0.25) is 0 Å². The molecule has 0 heterocycles. The third-order valence-corrected chi connectivity index (χ3v) is 3.00. The van der Waals surface area contributed by atoms with Crippen molar-refractivity contribution in [3.8, 4) is 0 Å². The molecule has 2 nitrogen and oxygen atoms in total. The fraction of sp³-hybridized carbons (Fsp3) is 1.00. The highest BCUT2D eigenvalue weighted by molar-refractivity contribution is 4.48. The molecule has 0 spiro atoms. The lowest BCUT2D eigenvalue weighted by molar-refractivity contribution is -0.971. The minimum absolute atomic E-state index is 0. The molecule has 1 unspecified atom stereocenters. The summed E-state index contributed by atoms with van der Waals surface area (Å²) in [7, 11) is 0. The Labute approximate surface area is 102 Å². The zero-order valence-electron chi connectivity index (χ0n) is 10.8. The zero-order chi connectivity index (χ0) is 11.0. The van der Waals surface area contributed by atoms with Crippen LogP contribution in [0.3, 0.4) is 0 Å². The van der Waals surface area contributed by atoms with E-state index in [1.54, 1.807) is 0 Å². The molecule has 0 rings (SSSR count). The molecule has 0 radical (unpaired) electrons. The molecule has 0 aliphatic heterocycles. The highest BCUT2D eigenvalue weighted by atomic mass is 35.5. The van der Waals surface area contributed by atoms with Crippen molar-refractivity contribution in [2.75, 3.05) is 19.6 Å². The van der Waals surface area contributed by atoms with Crippen LogP contribution in [0.25, 0.3) is 0 Å². The number of quaternary nitrogens is 1. The van der Waals surface area contributed by atoms with Gasteiger partial charge in [-0.1, -0.05) is 27.7 Å². The molecular formula is C12H28ClNO. The van der Waals surface area contributed by atoms with E-state index in [-0.39, 0.29) is 18.6 Å². The summed E-state index contributed by atoms with van der Waals surface area (Å²) >= 11 is 0. The second-order valence-corrected chi connectivity index (χ2v) is 4.28. The summed E-state index contributed by atoms with van der Waals surface area (Å²) in [6, 6.07) is 0. The fourth-order valence-corrected chi connectivity index (χ4v) is 2.51. The highest BCUT2D eigenvalue weighted by Gasteiger charge is 2.31. The summed E-state index contributed by atoms with van der Waals surface area (Å²) in [5.41, 5.74) is 0. The fourth-order valence-electron chi connectivity index (χ4n) is 2.51. The van der Waals surface area contributed by atoms with Gasteiger partial charge < -0.3 is 17.5 Å². The van der Waals surface area contributed by atoms with E-state index < -0.39 is 0 Å². The van der Waals surface area contributed by atoms with Crippen LogP contribution in [0.15, 0.2) is 0 Å². The minimum atomic E-state index is -0.158. The van der Waals surface area contributed by atoms with E-state index in [1.165, 1.54) is 0 Å². The molecule has 15 heavy (non-hydrogen) atoms. The van der Waals surface area contributed by atoms with Crippen molar-refractivity contribution in [2.24, 2.45) is 0 Å². The van der Waals surface area contributed by atoms with Gasteiger partial charge in [0.2, 0.25) is 0 Å². The number of hydrogen-bond donors (Lipinski definition) is 1. The Hall–Kier alpha value is 0.210. The minimum Gasteiger partial charge on any atom is -1.00 e. The summed E-state index contributed by atoms with van der Waals surface area (Å²) in [4.78, 5) is 0. The molecule has 3 heteroatoms. The van der Waals surface area contributed by atoms with Crippen molar-refractivity contribution >= 4 is 0 Å². The van der Waals surface area contributed by atoms with E-state index in [0.29, 0.717) is 0 Å². The van der Waals surface area contributed by atoms with Crippen molar-refractivity contribution in [3.63, 3.8) is 0 Å². The third kappa shape index (κ3) is 5.19. The first kappa shape index (κ1) is 17.6. The van der Waals surface area contributed by atoms with Gasteiger partial charge in [-0.3, -0.25) is 4.48 Å². The lowest BCUT2D eigenvalue weighted by Crippen LogP contribution is -3.00. The normalized spacial score (nSPS) is 13.4. The quantitative estimate of drug-likeness (QED) is 0.457. The molecule has 0 aliphatic carbocycles. The van der Waals surface area contributed by atoms with Crippen LogP contribution in [0, 0.1) is 0 Å². The number of hydrogen-bond acceptors (Lipinski definition) is 1. The molecule has 0 aliphatic rings. The molecular weight excluding hydrogens is 210 g/mol. The molecule has 0 aromatic carbocycles. The van der Waals surface area contributed by atoms with Gasteiger partial charge in [-0.15, -0.1) is 0 Å². The van der Waals surface area contributed by atoms with Crippen LogP contribution in [-0.4, -0.2) is 35.5 Å². The Morgan fingerprint density at radius 2 is 1.20 bits per heavy atom. The Morgan fingerprint density at radius 3 is 1.40 bits per heavy atom. The number of aliphatic hydroxyl groups excluding tert-OH is 1. The van der Waals surface area contributed by atoms with E-state index in [2.05, 4.69) is 27.7 Å². The van der Waals surface area contributed by atoms with Crippen LogP contribution in [0.4, 0.5) is 0 Å². The summed E-state index contributed by atoms with van der Waals surface area (Å²) in [5, 5.41) is 10.1. The predicted molar refractivity (Wildman–Crippen MR) is 62.0 cm³/mol. The lowest BCUT2D eigenvalue weighted by atomic mass is 10.2. The molecule has 1 atom stereocenters. The average molecular weight is 238 g/mol. The molecule has 0 aromatic heterocycles. The maximum Gasteiger partial charge on any atom is 0.190 e. The SMILES string of the molecule is CCC[N+](CCC)(CCC)C(O)CC.[Cl-]. The Balaban J connectivity index is 0. The predicted octanol–water partition coefficient (Wildman–Crippen LogP) is -0.234. The Bertz CT molecular complexity index is 125. The number of aliphatic hydroxyl groups is 1. The van der Waals surface area contributed by atoms with Gasteiger partial charge in [0.05, 0.1) is 19.6 Å². The first-order chi connectivity index (χ1) is 6.66. The smallest absolute Gasteiger partial charge is 0.190 e. The van der Waals surface area contributed by atoms with Gasteiger partial charge >= 0.3 is 0 Å². The molecule has 0 amide bonds. The molecule has 94 valence electrons. The van der Waals surface area contributed by atoms with Crippen molar-refractivity contribution in [3.05, 3.63) is 0 Å². The molecule has 0 fully saturated rings. The second kappa shape index (κ2) is 9.44. The number of halogens is 1. The Kier molecular flexibility index (Phi) is 11.1. The monoisotopic (exact) mass is 237 g/mol. The maximum absolute atomic E-state index is 10.1. The molecule has 0 bridgehead atoms. The first-order valence-corrected chi connectivity index (χ1v) is 6.20. The van der Waals surface area contributed by atoms with Gasteiger partial charge in [0.25, 0.3) is 0 Å². The molecule has 0 saturated carbocycles. The molecule has 1 N–H and O–H groups in total. The van der Waals surface area contributed by atoms with Gasteiger partial charge in [-0.2, -0.15) is 0 Å². The van der Waals surface area contributed by atoms with Gasteiger partial charge in [0.1, 0.15) is 0 Å². The van der Waals surface area contributed by atoms with Crippen molar-refractivity contribution in [1.82, 2.24) is 0 Å². The van der Waals surface area contributed by atoms with Crippen molar-refractivity contribution in [1.29, 1.82) is 0 Å². The van der Waals surface area contributed by atoms with Crippen molar-refractivity contribution < 1.29 is 22.0 Å². The van der Waals surface area contributed by atoms with E-state index >= 15 is 0 Å². The van der Waals surface area contributed by atoms with Crippen molar-refractivity contribution in [2.45, 2.75) is 59.6 Å². The van der Waals surface area contributed by atoms with Gasteiger partial charge in [0, 0.05) is 6.42 Å². The van der Waals surface area contributed by atoms with Crippen LogP contribution < -0.4 is 12.4 Å². The lowest BCUT2D eigenvalue weighted by Gasteiger charge is -2.42. The highest BCUT2D eigenvalue weighted by Crippen LogP contribution is 2.18. The van der Waals surface area contributed by atoms with Crippen LogP contribution in [0.1, 0.15) is 53.4 Å². The van der Waals surface area contributed by atoms with Crippen LogP contribution >= 0.6 is 0 Å². The van der Waals surface area contributed by atoms with Gasteiger partial charge in [0.15, 0.2) is 6.23 Å². The van der Waals surface area contributed by atoms with E-state index in [4.69, 9.17) is 0 Å². The van der Waals surface area contributed by atoms with Gasteiger partial charge in [-0.05, 0) is 19.3 Å². The zero-order valence-corrected chi connectivity index (χ0v) is 11.6. The summed E-state index contributed by atoms with van der Waals surface area (Å²) in [6.45, 7) is 12.1. The summed E-state index contributed by atoms with van der Waals surface area (Å²) in [6.07, 6.45) is 4.21. The average Bonchev–Trinajstić information content (AvgIpc) is 2.17. The van der Waals surface area contributed by atoms with Gasteiger partial charge in [-0.25, -0.2) is 0 Å². The third-order valence-electron chi connectivity index (χ3n) is 3.00. The number of rotatable bonds is 8. The second-order valence-electron chi connectivity index (χ2n) is 4.28. The summed E-state index contributed by atoms with van der Waals surface area (Å²) in [5.74, 6) is 0. The standard InChI is InChI=1S/C12H28NO.ClH/c1-5-9-13(10-6-2,11-7-3)12(14)8-4;/h12,14H,5-11H2,1-4H3;1H/q+1;/p-1. The van der Waals surface area contributed by atoms with E-state index in [1.807, 2.05) is 0 Å². The number of nitrogens with zero attached hydrogens (tertiary/aromatic N) is 1. The topological polar surface area (TPSA) is 20.2 Å². The first-order valence-electron chi connectivity index (χ1n) is 6.20. The Morgan fingerprint density at radius 1 is 0.867 bits per heavy atom. The largest absolute Gasteiger partial charge is 1.00 e. The summed E-state index contributed by atoms with van der Waals surface area (Å²) < 4.78 is 0.917. The van der Waals surface area contributed by atoms with Crippen LogP contribution in [-0.2, 0) is 0 Å². The molecule has 0 saturated heterocycles.